The second-order valence-electron chi connectivity index (χ2n) is 5.72. The van der Waals surface area contributed by atoms with Gasteiger partial charge in [-0.05, 0) is 36.5 Å². The molecule has 2 aliphatic rings. The van der Waals surface area contributed by atoms with Crippen LogP contribution < -0.4 is 9.47 Å². The van der Waals surface area contributed by atoms with E-state index in [1.807, 2.05) is 17.0 Å². The number of hydrogen-bond acceptors (Lipinski definition) is 3. The van der Waals surface area contributed by atoms with Crippen LogP contribution >= 0.6 is 0 Å². The predicted octanol–water partition coefficient (Wildman–Crippen LogP) is 2.53. The average Bonchev–Trinajstić information content (AvgIpc) is 2.83. The minimum atomic E-state index is 0.0942. The molecule has 3 rings (SSSR count). The van der Waals surface area contributed by atoms with Crippen LogP contribution in [0.5, 0.6) is 11.5 Å². The standard InChI is InChI=1S/C15H19NO3/c1-10-5-11(2)8-16(7-10)15(17)12-3-4-13-14(6-12)19-9-18-13/h3-4,6,10-11H,5,7-9H2,1-2H3/t10-,11+. The molecule has 0 aliphatic carbocycles. The molecular formula is C15H19NO3. The molecule has 0 radical (unpaired) electrons. The maximum absolute atomic E-state index is 12.5. The topological polar surface area (TPSA) is 38.8 Å². The van der Waals surface area contributed by atoms with Crippen molar-refractivity contribution in [1.82, 2.24) is 4.90 Å². The lowest BCUT2D eigenvalue weighted by Crippen LogP contribution is -2.42. The number of rotatable bonds is 1. The summed E-state index contributed by atoms with van der Waals surface area (Å²) in [6.07, 6.45) is 1.20. The Balaban J connectivity index is 1.80. The van der Waals surface area contributed by atoms with Crippen LogP contribution in [-0.2, 0) is 0 Å². The molecular weight excluding hydrogens is 242 g/mol. The third-order valence-corrected chi connectivity index (χ3v) is 3.78. The van der Waals surface area contributed by atoms with E-state index in [1.165, 1.54) is 6.42 Å². The minimum Gasteiger partial charge on any atom is -0.454 e. The van der Waals surface area contributed by atoms with Gasteiger partial charge in [0.15, 0.2) is 11.5 Å². The fourth-order valence-electron chi connectivity index (χ4n) is 3.04. The zero-order valence-electron chi connectivity index (χ0n) is 11.4. The Hall–Kier alpha value is -1.71. The lowest BCUT2D eigenvalue weighted by Gasteiger charge is -2.35. The predicted molar refractivity (Wildman–Crippen MR) is 71.4 cm³/mol. The van der Waals surface area contributed by atoms with Crippen molar-refractivity contribution in [1.29, 1.82) is 0 Å². The largest absolute Gasteiger partial charge is 0.454 e. The number of fused-ring (bicyclic) bond motifs is 1. The highest BCUT2D eigenvalue weighted by Crippen LogP contribution is 2.33. The molecule has 0 aromatic heterocycles. The molecule has 1 aromatic carbocycles. The zero-order chi connectivity index (χ0) is 13.4. The van der Waals surface area contributed by atoms with Crippen molar-refractivity contribution in [3.05, 3.63) is 23.8 Å². The number of piperidine rings is 1. The van der Waals surface area contributed by atoms with Gasteiger partial charge in [0.2, 0.25) is 6.79 Å². The summed E-state index contributed by atoms with van der Waals surface area (Å²) in [4.78, 5) is 14.5. The van der Waals surface area contributed by atoms with Crippen LogP contribution in [0.2, 0.25) is 0 Å². The minimum absolute atomic E-state index is 0.0942. The van der Waals surface area contributed by atoms with Crippen LogP contribution in [0.4, 0.5) is 0 Å². The van der Waals surface area contributed by atoms with Gasteiger partial charge in [0.05, 0.1) is 0 Å². The molecule has 4 nitrogen and oxygen atoms in total. The number of amides is 1. The second-order valence-corrected chi connectivity index (χ2v) is 5.72. The maximum atomic E-state index is 12.5. The Morgan fingerprint density at radius 1 is 1.16 bits per heavy atom. The number of nitrogens with zero attached hydrogens (tertiary/aromatic N) is 1. The van der Waals surface area contributed by atoms with Crippen molar-refractivity contribution >= 4 is 5.91 Å². The van der Waals surface area contributed by atoms with E-state index >= 15 is 0 Å². The van der Waals surface area contributed by atoms with Crippen molar-refractivity contribution in [2.45, 2.75) is 20.3 Å². The number of carbonyl (C=O) groups is 1. The quantitative estimate of drug-likeness (QED) is 0.779. The van der Waals surface area contributed by atoms with Gasteiger partial charge in [-0.1, -0.05) is 13.8 Å². The first-order valence-corrected chi connectivity index (χ1v) is 6.82. The molecule has 0 bridgehead atoms. The van der Waals surface area contributed by atoms with E-state index in [1.54, 1.807) is 6.07 Å². The summed E-state index contributed by atoms with van der Waals surface area (Å²) < 4.78 is 10.6. The monoisotopic (exact) mass is 261 g/mol. The van der Waals surface area contributed by atoms with Gasteiger partial charge in [-0.25, -0.2) is 0 Å². The summed E-state index contributed by atoms with van der Waals surface area (Å²) in [5, 5.41) is 0. The van der Waals surface area contributed by atoms with E-state index in [0.717, 1.165) is 18.8 Å². The Bertz CT molecular complexity index is 490. The van der Waals surface area contributed by atoms with Crippen molar-refractivity contribution in [2.75, 3.05) is 19.9 Å². The number of carbonyl (C=O) groups excluding carboxylic acids is 1. The van der Waals surface area contributed by atoms with E-state index < -0.39 is 0 Å². The number of likely N-dealkylation sites (tertiary alicyclic amines) is 1. The van der Waals surface area contributed by atoms with Gasteiger partial charge in [-0.15, -0.1) is 0 Å². The molecule has 19 heavy (non-hydrogen) atoms. The molecule has 0 spiro atoms. The van der Waals surface area contributed by atoms with Gasteiger partial charge in [-0.3, -0.25) is 4.79 Å². The summed E-state index contributed by atoms with van der Waals surface area (Å²) in [5.74, 6) is 2.63. The molecule has 4 heteroatoms. The van der Waals surface area contributed by atoms with Gasteiger partial charge < -0.3 is 14.4 Å². The van der Waals surface area contributed by atoms with Crippen LogP contribution in [0.15, 0.2) is 18.2 Å². The van der Waals surface area contributed by atoms with Crippen LogP contribution in [-0.4, -0.2) is 30.7 Å². The Kier molecular flexibility index (Phi) is 3.09. The highest BCUT2D eigenvalue weighted by Gasteiger charge is 2.27. The fraction of sp³-hybridized carbons (Fsp3) is 0.533. The third-order valence-electron chi connectivity index (χ3n) is 3.78. The van der Waals surface area contributed by atoms with Crippen LogP contribution in [0.25, 0.3) is 0 Å². The molecule has 0 saturated carbocycles. The van der Waals surface area contributed by atoms with Crippen molar-refractivity contribution in [3.63, 3.8) is 0 Å². The third kappa shape index (κ3) is 2.39. The maximum Gasteiger partial charge on any atom is 0.254 e. The molecule has 0 N–H and O–H groups in total. The van der Waals surface area contributed by atoms with Gasteiger partial charge in [0.1, 0.15) is 0 Å². The first-order chi connectivity index (χ1) is 9.13. The van der Waals surface area contributed by atoms with E-state index in [-0.39, 0.29) is 12.7 Å². The number of hydrogen-bond donors (Lipinski definition) is 0. The first kappa shape index (κ1) is 12.3. The lowest BCUT2D eigenvalue weighted by molar-refractivity contribution is 0.0623. The molecule has 102 valence electrons. The van der Waals surface area contributed by atoms with E-state index in [4.69, 9.17) is 9.47 Å². The summed E-state index contributed by atoms with van der Waals surface area (Å²) in [6.45, 7) is 6.34. The van der Waals surface area contributed by atoms with Gasteiger partial charge in [0, 0.05) is 18.7 Å². The second kappa shape index (κ2) is 4.76. The Morgan fingerprint density at radius 3 is 2.58 bits per heavy atom. The van der Waals surface area contributed by atoms with E-state index in [9.17, 15) is 4.79 Å². The fourth-order valence-corrected chi connectivity index (χ4v) is 3.04. The van der Waals surface area contributed by atoms with Crippen molar-refractivity contribution < 1.29 is 14.3 Å². The lowest BCUT2D eigenvalue weighted by atomic mass is 9.91. The molecule has 2 aliphatic heterocycles. The first-order valence-electron chi connectivity index (χ1n) is 6.82. The van der Waals surface area contributed by atoms with Crippen LogP contribution in [0.1, 0.15) is 30.6 Å². The SMILES string of the molecule is C[C@@H]1C[C@H](C)CN(C(=O)c2ccc3c(c2)OCO3)C1. The average molecular weight is 261 g/mol. The molecule has 2 heterocycles. The molecule has 0 unspecified atom stereocenters. The Morgan fingerprint density at radius 2 is 1.84 bits per heavy atom. The summed E-state index contributed by atoms with van der Waals surface area (Å²) in [5.41, 5.74) is 0.686. The number of benzene rings is 1. The summed E-state index contributed by atoms with van der Waals surface area (Å²) >= 11 is 0. The van der Waals surface area contributed by atoms with Crippen LogP contribution in [0, 0.1) is 11.8 Å². The molecule has 1 amide bonds. The van der Waals surface area contributed by atoms with E-state index in [0.29, 0.717) is 23.1 Å². The Labute approximate surface area is 113 Å². The summed E-state index contributed by atoms with van der Waals surface area (Å²) in [7, 11) is 0. The van der Waals surface area contributed by atoms with Crippen molar-refractivity contribution in [2.24, 2.45) is 11.8 Å². The highest BCUT2D eigenvalue weighted by atomic mass is 16.7. The zero-order valence-corrected chi connectivity index (χ0v) is 11.4. The summed E-state index contributed by atoms with van der Waals surface area (Å²) in [6, 6.07) is 5.42. The van der Waals surface area contributed by atoms with Gasteiger partial charge in [0.25, 0.3) is 5.91 Å². The van der Waals surface area contributed by atoms with Crippen LogP contribution in [0.3, 0.4) is 0 Å². The molecule has 1 fully saturated rings. The normalized spacial score (nSPS) is 25.5. The smallest absolute Gasteiger partial charge is 0.254 e. The van der Waals surface area contributed by atoms with E-state index in [2.05, 4.69) is 13.8 Å². The van der Waals surface area contributed by atoms with Gasteiger partial charge >= 0.3 is 0 Å². The molecule has 1 aromatic rings. The van der Waals surface area contributed by atoms with Crippen molar-refractivity contribution in [3.8, 4) is 11.5 Å². The number of ether oxygens (including phenoxy) is 2. The molecule has 2 atom stereocenters. The van der Waals surface area contributed by atoms with Gasteiger partial charge in [-0.2, -0.15) is 0 Å². The highest BCUT2D eigenvalue weighted by molar-refractivity contribution is 5.95. The molecule has 1 saturated heterocycles.